The molecule has 35 heavy (non-hydrogen) atoms. The number of halogens is 1. The summed E-state index contributed by atoms with van der Waals surface area (Å²) in [6, 6.07) is 9.09. The van der Waals surface area contributed by atoms with Crippen molar-refractivity contribution < 1.29 is 18.3 Å². The lowest BCUT2D eigenvalue weighted by Gasteiger charge is -2.14. The van der Waals surface area contributed by atoms with Crippen LogP contribution in [0, 0.1) is 9.77 Å². The average molecular weight is 533 g/mol. The molecule has 0 aliphatic carbocycles. The number of hydrogen-bond donors (Lipinski definition) is 1. The summed E-state index contributed by atoms with van der Waals surface area (Å²) in [6.07, 6.45) is 3.46. The van der Waals surface area contributed by atoms with Gasteiger partial charge in [-0.25, -0.2) is 9.37 Å². The number of hydrogen-bond acceptors (Lipinski definition) is 8. The SMILES string of the molecule is O=C(CSc1nc2c(sc(=S)n2CC2CCCO2)c(=O)n1-c1ccc(F)cc1)NCc1ccco1. The van der Waals surface area contributed by atoms with Crippen molar-refractivity contribution in [2.45, 2.75) is 37.2 Å². The van der Waals surface area contributed by atoms with Gasteiger partial charge in [-0.2, -0.15) is 0 Å². The van der Waals surface area contributed by atoms with Crippen molar-refractivity contribution in [3.8, 4) is 5.69 Å². The van der Waals surface area contributed by atoms with E-state index in [2.05, 4.69) is 5.32 Å². The average Bonchev–Trinajstić information content (AvgIpc) is 3.61. The number of furan rings is 1. The molecule has 0 spiro atoms. The highest BCUT2D eigenvalue weighted by Gasteiger charge is 2.22. The van der Waals surface area contributed by atoms with Crippen LogP contribution >= 0.6 is 35.3 Å². The summed E-state index contributed by atoms with van der Waals surface area (Å²) in [7, 11) is 0. The third-order valence-corrected chi connectivity index (χ3v) is 7.89. The zero-order valence-electron chi connectivity index (χ0n) is 18.4. The standard InChI is InChI=1S/C23H21FN4O4S3/c24-14-5-7-15(8-6-14)28-21(30)19-20(27(23(33)35-19)12-17-4-2-10-32-17)26-22(28)34-13-18(29)25-11-16-3-1-9-31-16/h1,3,5-9,17H,2,4,10-13H2,(H,25,29). The molecule has 0 bridgehead atoms. The maximum atomic E-state index is 13.6. The molecule has 1 atom stereocenters. The molecule has 5 rings (SSSR count). The van der Waals surface area contributed by atoms with E-state index in [1.807, 2.05) is 4.57 Å². The van der Waals surface area contributed by atoms with Crippen molar-refractivity contribution in [1.29, 1.82) is 0 Å². The van der Waals surface area contributed by atoms with Crippen LogP contribution < -0.4 is 10.9 Å². The molecule has 1 unspecified atom stereocenters. The number of nitrogens with one attached hydrogen (secondary N) is 1. The zero-order valence-corrected chi connectivity index (χ0v) is 20.9. The van der Waals surface area contributed by atoms with Crippen LogP contribution in [0.4, 0.5) is 4.39 Å². The molecule has 0 radical (unpaired) electrons. The minimum absolute atomic E-state index is 0.0179. The smallest absolute Gasteiger partial charge is 0.278 e. The number of rotatable bonds is 8. The molecule has 1 aliphatic rings. The van der Waals surface area contributed by atoms with Crippen LogP contribution in [-0.4, -0.2) is 38.5 Å². The highest BCUT2D eigenvalue weighted by atomic mass is 32.2. The van der Waals surface area contributed by atoms with Gasteiger partial charge in [0.15, 0.2) is 14.8 Å². The molecule has 1 aromatic carbocycles. The Morgan fingerprint density at radius 1 is 1.31 bits per heavy atom. The van der Waals surface area contributed by atoms with Gasteiger partial charge in [0, 0.05) is 6.61 Å². The van der Waals surface area contributed by atoms with Crippen molar-refractivity contribution >= 4 is 51.6 Å². The van der Waals surface area contributed by atoms with E-state index in [1.54, 1.807) is 12.1 Å². The first-order valence-corrected chi connectivity index (χ1v) is 13.2. The predicted octanol–water partition coefficient (Wildman–Crippen LogP) is 4.30. The molecular formula is C23H21FN4O4S3. The van der Waals surface area contributed by atoms with Gasteiger partial charge >= 0.3 is 0 Å². The third-order valence-electron chi connectivity index (χ3n) is 5.53. The number of thioether (sulfide) groups is 1. The van der Waals surface area contributed by atoms with Crippen molar-refractivity contribution in [3.63, 3.8) is 0 Å². The third kappa shape index (κ3) is 5.25. The maximum Gasteiger partial charge on any atom is 0.278 e. The van der Waals surface area contributed by atoms with E-state index in [0.717, 1.165) is 24.6 Å². The van der Waals surface area contributed by atoms with Crippen molar-refractivity contribution in [1.82, 2.24) is 19.4 Å². The fourth-order valence-electron chi connectivity index (χ4n) is 3.82. The van der Waals surface area contributed by atoms with Crippen molar-refractivity contribution in [2.24, 2.45) is 0 Å². The number of thiazole rings is 1. The highest BCUT2D eigenvalue weighted by Crippen LogP contribution is 2.26. The predicted molar refractivity (Wildman–Crippen MR) is 134 cm³/mol. The molecule has 1 aliphatic heterocycles. The van der Waals surface area contributed by atoms with Gasteiger partial charge in [0.2, 0.25) is 5.91 Å². The van der Waals surface area contributed by atoms with E-state index in [0.29, 0.717) is 44.1 Å². The van der Waals surface area contributed by atoms with Gasteiger partial charge in [-0.05, 0) is 61.5 Å². The normalized spacial score (nSPS) is 15.6. The van der Waals surface area contributed by atoms with Crippen LogP contribution in [0.1, 0.15) is 18.6 Å². The van der Waals surface area contributed by atoms with Crippen LogP contribution in [0.25, 0.3) is 16.0 Å². The van der Waals surface area contributed by atoms with Gasteiger partial charge in [-0.3, -0.25) is 14.2 Å². The number of carbonyl (C=O) groups is 1. The molecule has 1 amide bonds. The summed E-state index contributed by atoms with van der Waals surface area (Å²) in [5, 5.41) is 3.10. The molecule has 1 N–H and O–H groups in total. The minimum Gasteiger partial charge on any atom is -0.467 e. The Hall–Kier alpha value is -2.80. The Morgan fingerprint density at radius 3 is 2.86 bits per heavy atom. The quantitative estimate of drug-likeness (QED) is 0.206. The van der Waals surface area contributed by atoms with E-state index < -0.39 is 5.82 Å². The van der Waals surface area contributed by atoms with Crippen LogP contribution in [-0.2, 0) is 22.6 Å². The first kappa shape index (κ1) is 23.9. The maximum absolute atomic E-state index is 13.6. The lowest BCUT2D eigenvalue weighted by atomic mass is 10.2. The minimum atomic E-state index is -0.416. The fraction of sp³-hybridized carbons (Fsp3) is 0.304. The van der Waals surface area contributed by atoms with Crippen LogP contribution in [0.2, 0.25) is 0 Å². The van der Waals surface area contributed by atoms with E-state index in [-0.39, 0.29) is 29.9 Å². The Kier molecular flexibility index (Phi) is 7.14. The van der Waals surface area contributed by atoms with Crippen LogP contribution in [0.3, 0.4) is 0 Å². The first-order valence-electron chi connectivity index (χ1n) is 11.0. The molecule has 4 heterocycles. The number of nitrogens with zero attached hydrogens (tertiary/aromatic N) is 3. The number of ether oxygens (including phenoxy) is 1. The van der Waals surface area contributed by atoms with Gasteiger partial charge in [-0.15, -0.1) is 0 Å². The Labute approximate surface area is 212 Å². The van der Waals surface area contributed by atoms with Crippen molar-refractivity contribution in [3.05, 3.63) is 68.5 Å². The molecule has 3 aromatic heterocycles. The van der Waals surface area contributed by atoms with Gasteiger partial charge in [0.1, 0.15) is 16.3 Å². The lowest BCUT2D eigenvalue weighted by molar-refractivity contribution is -0.118. The Bertz CT molecular complexity index is 1460. The summed E-state index contributed by atoms with van der Waals surface area (Å²) in [4.78, 5) is 30.8. The molecule has 1 saturated heterocycles. The molecule has 12 heteroatoms. The van der Waals surface area contributed by atoms with Crippen molar-refractivity contribution in [2.75, 3.05) is 12.4 Å². The molecule has 1 fully saturated rings. The second kappa shape index (κ2) is 10.4. The van der Waals surface area contributed by atoms with E-state index in [9.17, 15) is 14.0 Å². The van der Waals surface area contributed by atoms with E-state index in [1.165, 1.54) is 46.4 Å². The summed E-state index contributed by atoms with van der Waals surface area (Å²) >= 11 is 7.87. The Balaban J connectivity index is 1.50. The molecule has 4 aromatic rings. The summed E-state index contributed by atoms with van der Waals surface area (Å²) in [6.45, 7) is 1.48. The lowest BCUT2D eigenvalue weighted by Crippen LogP contribution is -2.26. The topological polar surface area (TPSA) is 91.3 Å². The fourth-order valence-corrected chi connectivity index (χ4v) is 5.94. The molecular weight excluding hydrogens is 511 g/mol. The number of aromatic nitrogens is 3. The van der Waals surface area contributed by atoms with Crippen LogP contribution in [0.15, 0.2) is 57.0 Å². The highest BCUT2D eigenvalue weighted by molar-refractivity contribution is 7.99. The summed E-state index contributed by atoms with van der Waals surface area (Å²) in [5.74, 6) is 0.00219. The number of carbonyl (C=O) groups excluding carboxylic acids is 1. The van der Waals surface area contributed by atoms with Gasteiger partial charge < -0.3 is 19.0 Å². The summed E-state index contributed by atoms with van der Waals surface area (Å²) in [5.41, 5.74) is 0.605. The second-order valence-electron chi connectivity index (χ2n) is 7.92. The summed E-state index contributed by atoms with van der Waals surface area (Å²) < 4.78 is 28.7. The van der Waals surface area contributed by atoms with Gasteiger partial charge in [-0.1, -0.05) is 23.1 Å². The zero-order chi connectivity index (χ0) is 24.4. The number of benzene rings is 1. The van der Waals surface area contributed by atoms with Gasteiger partial charge in [0.05, 0.1) is 36.9 Å². The largest absolute Gasteiger partial charge is 0.467 e. The Morgan fingerprint density at radius 2 is 2.14 bits per heavy atom. The monoisotopic (exact) mass is 532 g/mol. The van der Waals surface area contributed by atoms with E-state index >= 15 is 0 Å². The first-order chi connectivity index (χ1) is 17.0. The van der Waals surface area contributed by atoms with Crippen LogP contribution in [0.5, 0.6) is 0 Å². The second-order valence-corrected chi connectivity index (χ2v) is 10.5. The number of amides is 1. The van der Waals surface area contributed by atoms with Gasteiger partial charge in [0.25, 0.3) is 5.56 Å². The molecule has 0 saturated carbocycles. The van der Waals surface area contributed by atoms with E-state index in [4.69, 9.17) is 26.4 Å². The number of fused-ring (bicyclic) bond motifs is 1. The molecule has 182 valence electrons. The molecule has 8 nitrogen and oxygen atoms in total.